The lowest BCUT2D eigenvalue weighted by molar-refractivity contribution is 0.0103. The fourth-order valence-electron chi connectivity index (χ4n) is 4.12. The van der Waals surface area contributed by atoms with Crippen molar-refractivity contribution >= 4 is 5.78 Å². The smallest absolute Gasteiger partial charge is 0.175 e. The predicted octanol–water partition coefficient (Wildman–Crippen LogP) is 2.42. The van der Waals surface area contributed by atoms with E-state index >= 15 is 0 Å². The van der Waals surface area contributed by atoms with Crippen molar-refractivity contribution in [3.63, 3.8) is 0 Å². The minimum Gasteiger partial charge on any atom is -0.489 e. The van der Waals surface area contributed by atoms with E-state index in [1.807, 2.05) is 25.1 Å². The van der Waals surface area contributed by atoms with Crippen LogP contribution in [-0.4, -0.2) is 35.9 Å². The van der Waals surface area contributed by atoms with Gasteiger partial charge in [0.2, 0.25) is 0 Å². The van der Waals surface area contributed by atoms with E-state index in [2.05, 4.69) is 4.90 Å². The van der Waals surface area contributed by atoms with Gasteiger partial charge in [-0.05, 0) is 44.4 Å². The fraction of sp³-hybridized carbons (Fsp3) is 0.562. The number of aryl methyl sites for hydroxylation is 1. The van der Waals surface area contributed by atoms with E-state index in [-0.39, 0.29) is 12.0 Å². The van der Waals surface area contributed by atoms with Crippen LogP contribution < -0.4 is 4.74 Å². The highest BCUT2D eigenvalue weighted by Crippen LogP contribution is 2.41. The maximum Gasteiger partial charge on any atom is 0.175 e. The van der Waals surface area contributed by atoms with Crippen molar-refractivity contribution < 1.29 is 9.53 Å². The van der Waals surface area contributed by atoms with Crippen molar-refractivity contribution in [2.24, 2.45) is 5.92 Å². The van der Waals surface area contributed by atoms with Crippen molar-refractivity contribution in [1.29, 1.82) is 0 Å². The number of piperidine rings is 1. The van der Waals surface area contributed by atoms with Gasteiger partial charge in [-0.2, -0.15) is 0 Å². The van der Waals surface area contributed by atoms with Crippen LogP contribution in [0.4, 0.5) is 0 Å². The molecular weight excluding hydrogens is 238 g/mol. The molecule has 3 heterocycles. The summed E-state index contributed by atoms with van der Waals surface area (Å²) in [7, 11) is 0. The van der Waals surface area contributed by atoms with Crippen molar-refractivity contribution in [3.8, 4) is 5.75 Å². The molecule has 0 saturated carbocycles. The lowest BCUT2D eigenvalue weighted by atomic mass is 9.78. The van der Waals surface area contributed by atoms with Crippen LogP contribution in [0.2, 0.25) is 0 Å². The van der Waals surface area contributed by atoms with Gasteiger partial charge in [0.1, 0.15) is 11.9 Å². The van der Waals surface area contributed by atoms with Gasteiger partial charge < -0.3 is 4.74 Å². The van der Waals surface area contributed by atoms with Crippen LogP contribution in [-0.2, 0) is 0 Å². The van der Waals surface area contributed by atoms with Crippen LogP contribution in [0.5, 0.6) is 5.75 Å². The molecule has 0 amide bonds. The number of Topliss-reactive ketones (excluding diaryl/α,β-unsaturated/α-hetero) is 1. The third kappa shape index (κ3) is 1.57. The van der Waals surface area contributed by atoms with Gasteiger partial charge >= 0.3 is 0 Å². The molecule has 0 aliphatic carbocycles. The van der Waals surface area contributed by atoms with Gasteiger partial charge in [-0.25, -0.2) is 0 Å². The molecule has 2 fully saturated rings. The van der Waals surface area contributed by atoms with E-state index < -0.39 is 0 Å². The number of carbonyl (C=O) groups is 1. The average molecular weight is 257 g/mol. The standard InChI is InChI=1S/C16H19NO2/c1-10-4-2-6-12-14(10)16(18)15-11-5-3-8-17(11)9-7-13(15)19-12/h2,4,6,11,13,15H,3,5,7-9H2,1H3/t11-,13+,15-/m1/s1. The molecule has 0 spiro atoms. The number of ether oxygens (including phenoxy) is 1. The van der Waals surface area contributed by atoms with E-state index in [0.717, 1.165) is 42.8 Å². The Morgan fingerprint density at radius 2 is 2.16 bits per heavy atom. The minimum atomic E-state index is 0.0600. The highest BCUT2D eigenvalue weighted by atomic mass is 16.5. The predicted molar refractivity (Wildman–Crippen MR) is 72.6 cm³/mol. The monoisotopic (exact) mass is 257 g/mol. The Bertz CT molecular complexity index is 540. The summed E-state index contributed by atoms with van der Waals surface area (Å²) >= 11 is 0. The summed E-state index contributed by atoms with van der Waals surface area (Å²) in [5.74, 6) is 1.18. The third-order valence-corrected chi connectivity index (χ3v) is 4.99. The van der Waals surface area contributed by atoms with Crippen LogP contribution in [0, 0.1) is 12.8 Å². The van der Waals surface area contributed by atoms with E-state index in [9.17, 15) is 4.79 Å². The Balaban J connectivity index is 1.79. The number of rotatable bonds is 0. The lowest BCUT2D eigenvalue weighted by Gasteiger charge is -2.44. The second kappa shape index (κ2) is 4.07. The van der Waals surface area contributed by atoms with Crippen LogP contribution >= 0.6 is 0 Å². The first-order chi connectivity index (χ1) is 9.25. The van der Waals surface area contributed by atoms with Crippen LogP contribution in [0.25, 0.3) is 0 Å². The zero-order valence-corrected chi connectivity index (χ0v) is 11.3. The number of ketones is 1. The Kier molecular flexibility index (Phi) is 2.46. The lowest BCUT2D eigenvalue weighted by Crippen LogP contribution is -2.54. The highest BCUT2D eigenvalue weighted by Gasteiger charge is 2.48. The molecule has 0 unspecified atom stereocenters. The molecule has 3 heteroatoms. The molecule has 2 saturated heterocycles. The second-order valence-electron chi connectivity index (χ2n) is 6.03. The molecule has 0 aromatic heterocycles. The topological polar surface area (TPSA) is 29.5 Å². The zero-order valence-electron chi connectivity index (χ0n) is 11.3. The van der Waals surface area contributed by atoms with Gasteiger partial charge in [0.05, 0.1) is 11.5 Å². The van der Waals surface area contributed by atoms with E-state index in [0.29, 0.717) is 11.8 Å². The van der Waals surface area contributed by atoms with Gasteiger partial charge in [-0.3, -0.25) is 9.69 Å². The van der Waals surface area contributed by atoms with Crippen molar-refractivity contribution in [3.05, 3.63) is 29.3 Å². The minimum absolute atomic E-state index is 0.0600. The molecule has 19 heavy (non-hydrogen) atoms. The Morgan fingerprint density at radius 3 is 3.05 bits per heavy atom. The van der Waals surface area contributed by atoms with Crippen LogP contribution in [0.1, 0.15) is 35.2 Å². The normalized spacial score (nSPS) is 33.3. The zero-order chi connectivity index (χ0) is 13.0. The molecule has 3 aliphatic rings. The average Bonchev–Trinajstić information content (AvgIpc) is 2.86. The molecule has 3 aliphatic heterocycles. The molecule has 3 atom stereocenters. The van der Waals surface area contributed by atoms with E-state index in [1.54, 1.807) is 0 Å². The van der Waals surface area contributed by atoms with Gasteiger partial charge in [-0.1, -0.05) is 12.1 Å². The summed E-state index contributed by atoms with van der Waals surface area (Å²) in [6, 6.07) is 6.35. The Hall–Kier alpha value is -1.35. The first-order valence-corrected chi connectivity index (χ1v) is 7.30. The summed E-state index contributed by atoms with van der Waals surface area (Å²) in [5, 5.41) is 0. The summed E-state index contributed by atoms with van der Waals surface area (Å²) in [4.78, 5) is 15.4. The third-order valence-electron chi connectivity index (χ3n) is 4.99. The number of benzene rings is 1. The largest absolute Gasteiger partial charge is 0.489 e. The molecule has 0 bridgehead atoms. The first kappa shape index (κ1) is 11.5. The number of hydrogen-bond acceptors (Lipinski definition) is 3. The molecule has 3 nitrogen and oxygen atoms in total. The van der Waals surface area contributed by atoms with Crippen molar-refractivity contribution in [1.82, 2.24) is 4.90 Å². The fourth-order valence-corrected chi connectivity index (χ4v) is 4.12. The van der Waals surface area contributed by atoms with Gasteiger partial charge in [0, 0.05) is 12.6 Å². The highest BCUT2D eigenvalue weighted by molar-refractivity contribution is 6.03. The van der Waals surface area contributed by atoms with Gasteiger partial charge in [0.25, 0.3) is 0 Å². The Morgan fingerprint density at radius 1 is 1.26 bits per heavy atom. The summed E-state index contributed by atoms with van der Waals surface area (Å²) in [5.41, 5.74) is 1.88. The number of carbonyl (C=O) groups excluding carboxylic acids is 1. The maximum absolute atomic E-state index is 12.9. The molecular formula is C16H19NO2. The molecule has 4 rings (SSSR count). The van der Waals surface area contributed by atoms with Crippen molar-refractivity contribution in [2.75, 3.05) is 13.1 Å². The molecule has 100 valence electrons. The molecule has 0 radical (unpaired) electrons. The SMILES string of the molecule is Cc1cccc2c1C(=O)[C@H]1[C@H](CCN3CCC[C@H]13)O2. The van der Waals surface area contributed by atoms with E-state index in [1.165, 1.54) is 6.42 Å². The maximum atomic E-state index is 12.9. The molecule has 1 aromatic rings. The van der Waals surface area contributed by atoms with Crippen LogP contribution in [0.3, 0.4) is 0 Å². The number of nitrogens with zero attached hydrogens (tertiary/aromatic N) is 1. The van der Waals surface area contributed by atoms with Crippen LogP contribution in [0.15, 0.2) is 18.2 Å². The number of hydrogen-bond donors (Lipinski definition) is 0. The molecule has 0 N–H and O–H groups in total. The quantitative estimate of drug-likeness (QED) is 0.715. The van der Waals surface area contributed by atoms with Gasteiger partial charge in [-0.15, -0.1) is 0 Å². The first-order valence-electron chi connectivity index (χ1n) is 7.30. The number of fused-ring (bicyclic) bond motifs is 4. The van der Waals surface area contributed by atoms with E-state index in [4.69, 9.17) is 4.74 Å². The summed E-state index contributed by atoms with van der Waals surface area (Å²) < 4.78 is 6.15. The summed E-state index contributed by atoms with van der Waals surface area (Å²) in [6.07, 6.45) is 3.46. The van der Waals surface area contributed by atoms with Gasteiger partial charge in [0.15, 0.2) is 5.78 Å². The Labute approximate surface area is 113 Å². The van der Waals surface area contributed by atoms with Crippen molar-refractivity contribution in [2.45, 2.75) is 38.3 Å². The summed E-state index contributed by atoms with van der Waals surface area (Å²) in [6.45, 7) is 4.25. The molecule has 1 aromatic carbocycles. The second-order valence-corrected chi connectivity index (χ2v) is 6.03.